The van der Waals surface area contributed by atoms with Crippen LogP contribution >= 0.6 is 11.6 Å². The van der Waals surface area contributed by atoms with Gasteiger partial charge >= 0.3 is 5.69 Å². The van der Waals surface area contributed by atoms with Crippen molar-refractivity contribution in [2.75, 3.05) is 0 Å². The normalized spacial score (nSPS) is 20.6. The molecular weight excluding hydrogens is 306 g/mol. The van der Waals surface area contributed by atoms with Crippen LogP contribution in [0.25, 0.3) is 0 Å². The summed E-state index contributed by atoms with van der Waals surface area (Å²) in [4.78, 5) is 10.5. The Morgan fingerprint density at radius 2 is 2.09 bits per heavy atom. The maximum Gasteiger partial charge on any atom is 0.328 e. The van der Waals surface area contributed by atoms with E-state index in [1.807, 2.05) is 30.3 Å². The number of rotatable bonds is 5. The highest BCUT2D eigenvalue weighted by molar-refractivity contribution is 6.31. The first-order chi connectivity index (χ1) is 10.6. The van der Waals surface area contributed by atoms with E-state index in [2.05, 4.69) is 5.10 Å². The van der Waals surface area contributed by atoms with Gasteiger partial charge in [0.2, 0.25) is 5.15 Å². The first kappa shape index (κ1) is 15.0. The molecule has 1 aromatic carbocycles. The molecule has 1 aliphatic carbocycles. The zero-order valence-electron chi connectivity index (χ0n) is 12.1. The monoisotopic (exact) mass is 321 g/mol. The van der Waals surface area contributed by atoms with Gasteiger partial charge in [-0.1, -0.05) is 41.9 Å². The third kappa shape index (κ3) is 2.84. The van der Waals surface area contributed by atoms with E-state index in [1.54, 1.807) is 11.6 Å². The van der Waals surface area contributed by atoms with Crippen molar-refractivity contribution < 1.29 is 9.66 Å². The molecule has 0 N–H and O–H groups in total. The summed E-state index contributed by atoms with van der Waals surface area (Å²) in [7, 11) is 0. The molecule has 0 spiro atoms. The van der Waals surface area contributed by atoms with Gasteiger partial charge in [0.1, 0.15) is 5.69 Å². The van der Waals surface area contributed by atoms with Crippen LogP contribution in [0.4, 0.5) is 5.69 Å². The second-order valence-corrected chi connectivity index (χ2v) is 5.83. The SMILES string of the molecule is Cc1nn(C2CC(OCc3ccccc3)C2)c(Cl)c1[N+](=O)[O-]. The Kier molecular flexibility index (Phi) is 4.13. The molecule has 116 valence electrons. The third-order valence-electron chi connectivity index (χ3n) is 3.92. The number of hydrogen-bond acceptors (Lipinski definition) is 4. The van der Waals surface area contributed by atoms with Gasteiger partial charge in [-0.25, -0.2) is 4.68 Å². The van der Waals surface area contributed by atoms with Gasteiger partial charge < -0.3 is 4.74 Å². The predicted octanol–water partition coefficient (Wildman–Crippen LogP) is 3.67. The highest BCUT2D eigenvalue weighted by atomic mass is 35.5. The van der Waals surface area contributed by atoms with Crippen LogP contribution in [0, 0.1) is 17.0 Å². The van der Waals surface area contributed by atoms with Crippen molar-refractivity contribution in [3.05, 3.63) is 56.9 Å². The molecule has 0 saturated heterocycles. The smallest absolute Gasteiger partial charge is 0.328 e. The van der Waals surface area contributed by atoms with Crippen molar-refractivity contribution in [2.45, 2.75) is 38.5 Å². The lowest BCUT2D eigenvalue weighted by Crippen LogP contribution is -2.34. The van der Waals surface area contributed by atoms with Crippen molar-refractivity contribution >= 4 is 17.3 Å². The summed E-state index contributed by atoms with van der Waals surface area (Å²) in [5.74, 6) is 0. The zero-order valence-corrected chi connectivity index (χ0v) is 12.9. The molecule has 1 fully saturated rings. The number of benzene rings is 1. The molecule has 1 aliphatic rings. The van der Waals surface area contributed by atoms with Crippen molar-refractivity contribution in [1.82, 2.24) is 9.78 Å². The fraction of sp³-hybridized carbons (Fsp3) is 0.400. The molecule has 0 amide bonds. The Labute approximate surface area is 132 Å². The lowest BCUT2D eigenvalue weighted by molar-refractivity contribution is -0.385. The number of aryl methyl sites for hydroxylation is 1. The van der Waals surface area contributed by atoms with E-state index in [1.165, 1.54) is 0 Å². The average Bonchev–Trinajstić information content (AvgIpc) is 2.73. The molecular formula is C15H16ClN3O3. The maximum absolute atomic E-state index is 11.0. The van der Waals surface area contributed by atoms with E-state index in [4.69, 9.17) is 16.3 Å². The Morgan fingerprint density at radius 3 is 2.68 bits per heavy atom. The van der Waals surface area contributed by atoms with Crippen LogP contribution in [-0.4, -0.2) is 20.8 Å². The second-order valence-electron chi connectivity index (χ2n) is 5.47. The molecule has 7 heteroatoms. The number of nitrogens with zero attached hydrogens (tertiary/aromatic N) is 3. The van der Waals surface area contributed by atoms with E-state index >= 15 is 0 Å². The Balaban J connectivity index is 1.57. The van der Waals surface area contributed by atoms with Crippen LogP contribution in [0.15, 0.2) is 30.3 Å². The fourth-order valence-electron chi connectivity index (χ4n) is 2.62. The van der Waals surface area contributed by atoms with Gasteiger partial charge in [-0.05, 0) is 25.3 Å². The second kappa shape index (κ2) is 6.06. The molecule has 6 nitrogen and oxygen atoms in total. The molecule has 1 heterocycles. The molecule has 2 aromatic rings. The maximum atomic E-state index is 11.0. The quantitative estimate of drug-likeness (QED) is 0.622. The topological polar surface area (TPSA) is 70.2 Å². The third-order valence-corrected chi connectivity index (χ3v) is 4.28. The minimum absolute atomic E-state index is 0.0701. The fourth-order valence-corrected chi connectivity index (χ4v) is 3.00. The molecule has 1 saturated carbocycles. The molecule has 0 atom stereocenters. The number of ether oxygens (including phenoxy) is 1. The first-order valence-corrected chi connectivity index (χ1v) is 7.48. The number of nitro groups is 1. The largest absolute Gasteiger partial charge is 0.373 e. The highest BCUT2D eigenvalue weighted by Gasteiger charge is 2.36. The van der Waals surface area contributed by atoms with Crippen molar-refractivity contribution in [3.8, 4) is 0 Å². The van der Waals surface area contributed by atoms with Crippen molar-refractivity contribution in [1.29, 1.82) is 0 Å². The van der Waals surface area contributed by atoms with E-state index in [0.717, 1.165) is 18.4 Å². The molecule has 0 unspecified atom stereocenters. The molecule has 0 radical (unpaired) electrons. The summed E-state index contributed by atoms with van der Waals surface area (Å²) in [6, 6.07) is 10.0. The van der Waals surface area contributed by atoms with Crippen molar-refractivity contribution in [3.63, 3.8) is 0 Å². The van der Waals surface area contributed by atoms with Crippen LogP contribution in [0.5, 0.6) is 0 Å². The van der Waals surface area contributed by atoms with Crippen LogP contribution in [0.1, 0.15) is 30.1 Å². The summed E-state index contributed by atoms with van der Waals surface area (Å²) < 4.78 is 7.38. The standard InChI is InChI=1S/C15H16ClN3O3/c1-10-14(19(20)21)15(16)18(17-10)12-7-13(8-12)22-9-11-5-3-2-4-6-11/h2-6,12-13H,7-9H2,1H3. The van der Waals surface area contributed by atoms with Gasteiger partial charge in [-0.3, -0.25) is 10.1 Å². The molecule has 1 aromatic heterocycles. The van der Waals surface area contributed by atoms with Gasteiger partial charge in [0.15, 0.2) is 0 Å². The molecule has 22 heavy (non-hydrogen) atoms. The molecule has 3 rings (SSSR count). The Bertz CT molecular complexity index is 681. The molecule has 0 bridgehead atoms. The van der Waals surface area contributed by atoms with Gasteiger partial charge in [0.25, 0.3) is 0 Å². The van der Waals surface area contributed by atoms with Gasteiger partial charge in [0.05, 0.1) is 23.7 Å². The van der Waals surface area contributed by atoms with E-state index < -0.39 is 4.92 Å². The Morgan fingerprint density at radius 1 is 1.41 bits per heavy atom. The van der Waals surface area contributed by atoms with Gasteiger partial charge in [-0.2, -0.15) is 5.10 Å². The number of aromatic nitrogens is 2. The first-order valence-electron chi connectivity index (χ1n) is 7.10. The summed E-state index contributed by atoms with van der Waals surface area (Å²) in [5, 5.41) is 15.3. The van der Waals surface area contributed by atoms with Crippen LogP contribution in [0.3, 0.4) is 0 Å². The minimum Gasteiger partial charge on any atom is -0.373 e. The van der Waals surface area contributed by atoms with Crippen molar-refractivity contribution in [2.24, 2.45) is 0 Å². The summed E-state index contributed by atoms with van der Waals surface area (Å²) in [6.45, 7) is 2.17. The van der Waals surface area contributed by atoms with Gasteiger partial charge in [0, 0.05) is 0 Å². The molecule has 0 aliphatic heterocycles. The van der Waals surface area contributed by atoms with E-state index in [-0.39, 0.29) is 23.0 Å². The number of halogens is 1. The summed E-state index contributed by atoms with van der Waals surface area (Å²) in [6.07, 6.45) is 1.68. The highest BCUT2D eigenvalue weighted by Crippen LogP contribution is 2.39. The van der Waals surface area contributed by atoms with Gasteiger partial charge in [-0.15, -0.1) is 0 Å². The van der Waals surface area contributed by atoms with E-state index in [9.17, 15) is 10.1 Å². The van der Waals surface area contributed by atoms with Crippen LogP contribution in [0.2, 0.25) is 5.15 Å². The minimum atomic E-state index is -0.483. The predicted molar refractivity (Wildman–Crippen MR) is 81.9 cm³/mol. The van der Waals surface area contributed by atoms with Crippen LogP contribution < -0.4 is 0 Å². The zero-order chi connectivity index (χ0) is 15.7. The van der Waals surface area contributed by atoms with Crippen LogP contribution in [-0.2, 0) is 11.3 Å². The lowest BCUT2D eigenvalue weighted by Gasteiger charge is -2.35. The average molecular weight is 322 g/mol. The Hall–Kier alpha value is -1.92. The summed E-state index contributed by atoms with van der Waals surface area (Å²) in [5.41, 5.74) is 1.38. The van der Waals surface area contributed by atoms with E-state index in [0.29, 0.717) is 12.3 Å². The lowest BCUT2D eigenvalue weighted by atomic mass is 9.89. The summed E-state index contributed by atoms with van der Waals surface area (Å²) >= 11 is 6.07. The number of hydrogen-bond donors (Lipinski definition) is 0.